The van der Waals surface area contributed by atoms with Gasteiger partial charge in [0.25, 0.3) is 0 Å². The first-order chi connectivity index (χ1) is 15.9. The van der Waals surface area contributed by atoms with Gasteiger partial charge in [0.05, 0.1) is 0 Å². The second-order valence-electron chi connectivity index (χ2n) is 9.14. The molecule has 0 bridgehead atoms. The second kappa shape index (κ2) is 8.41. The maximum absolute atomic E-state index is 5.55. The maximum Gasteiger partial charge on any atom is 0.0468 e. The lowest BCUT2D eigenvalue weighted by Crippen LogP contribution is -2.15. The van der Waals surface area contributed by atoms with Crippen LogP contribution in [0.4, 0.5) is 0 Å². The molecule has 4 aromatic carbocycles. The SMILES string of the molecule is C1=C(CCC2CCOCC2)c2ccccc2/C1=C/c1cccc2ccc3ccccc3c12. The molecular formula is C31H28O. The molecule has 0 N–H and O–H groups in total. The summed E-state index contributed by atoms with van der Waals surface area (Å²) in [6.45, 7) is 1.86. The molecule has 0 saturated carbocycles. The van der Waals surface area contributed by atoms with Gasteiger partial charge < -0.3 is 4.74 Å². The average molecular weight is 417 g/mol. The Labute approximate surface area is 190 Å². The monoisotopic (exact) mass is 416 g/mol. The van der Waals surface area contributed by atoms with E-state index in [1.807, 2.05) is 0 Å². The standard InChI is InChI=1S/C31H28O/c1-2-11-30-23(6-1)14-15-24-7-5-8-26(31(24)30)21-27-20-25(28-9-3-4-10-29(27)28)13-12-22-16-18-32-19-17-22/h1-11,14-15,20-22H,12-13,16-19H2/b27-21+. The molecule has 1 saturated heterocycles. The summed E-state index contributed by atoms with van der Waals surface area (Å²) in [5.74, 6) is 0.800. The number of allylic oxidation sites excluding steroid dienone is 3. The van der Waals surface area contributed by atoms with Crippen molar-refractivity contribution in [3.05, 3.63) is 102 Å². The van der Waals surface area contributed by atoms with Crippen LogP contribution in [0.15, 0.2) is 84.9 Å². The van der Waals surface area contributed by atoms with E-state index in [0.29, 0.717) is 0 Å². The van der Waals surface area contributed by atoms with Gasteiger partial charge in [0, 0.05) is 13.2 Å². The fraction of sp³-hybridized carbons (Fsp3) is 0.226. The van der Waals surface area contributed by atoms with Crippen LogP contribution in [0.5, 0.6) is 0 Å². The van der Waals surface area contributed by atoms with Crippen LogP contribution in [0.3, 0.4) is 0 Å². The minimum absolute atomic E-state index is 0.800. The zero-order chi connectivity index (χ0) is 21.3. The molecule has 0 unspecified atom stereocenters. The Balaban J connectivity index is 1.42. The molecule has 0 aromatic heterocycles. The fourth-order valence-electron chi connectivity index (χ4n) is 5.46. The van der Waals surface area contributed by atoms with E-state index in [0.717, 1.165) is 25.6 Å². The minimum atomic E-state index is 0.800. The molecule has 1 nitrogen and oxygen atoms in total. The van der Waals surface area contributed by atoms with Crippen LogP contribution < -0.4 is 0 Å². The van der Waals surface area contributed by atoms with Crippen LogP contribution in [-0.2, 0) is 4.74 Å². The molecule has 1 heteroatoms. The zero-order valence-electron chi connectivity index (χ0n) is 18.4. The van der Waals surface area contributed by atoms with Crippen molar-refractivity contribution in [2.45, 2.75) is 25.7 Å². The third-order valence-corrected chi connectivity index (χ3v) is 7.19. The zero-order valence-corrected chi connectivity index (χ0v) is 18.4. The van der Waals surface area contributed by atoms with Crippen molar-refractivity contribution in [1.29, 1.82) is 0 Å². The Morgan fingerprint density at radius 1 is 0.750 bits per heavy atom. The lowest BCUT2D eigenvalue weighted by molar-refractivity contribution is 0.0644. The summed E-state index contributed by atoms with van der Waals surface area (Å²) in [7, 11) is 0. The molecule has 1 aliphatic heterocycles. The number of rotatable bonds is 4. The van der Waals surface area contributed by atoms with Crippen molar-refractivity contribution in [3.8, 4) is 0 Å². The summed E-state index contributed by atoms with van der Waals surface area (Å²) in [6.07, 6.45) is 9.66. The lowest BCUT2D eigenvalue weighted by atomic mass is 9.91. The van der Waals surface area contributed by atoms with Crippen molar-refractivity contribution in [2.75, 3.05) is 13.2 Å². The van der Waals surface area contributed by atoms with Crippen LogP contribution in [0.1, 0.15) is 42.4 Å². The third-order valence-electron chi connectivity index (χ3n) is 7.19. The van der Waals surface area contributed by atoms with Gasteiger partial charge in [-0.15, -0.1) is 0 Å². The molecule has 1 heterocycles. The number of ether oxygens (including phenoxy) is 1. The van der Waals surface area contributed by atoms with Crippen molar-refractivity contribution in [2.24, 2.45) is 5.92 Å². The highest BCUT2D eigenvalue weighted by molar-refractivity contribution is 6.13. The maximum atomic E-state index is 5.55. The molecule has 0 atom stereocenters. The average Bonchev–Trinajstić information content (AvgIpc) is 3.21. The molecular weight excluding hydrogens is 388 g/mol. The second-order valence-corrected chi connectivity index (χ2v) is 9.14. The normalized spacial score (nSPS) is 17.8. The molecule has 158 valence electrons. The van der Waals surface area contributed by atoms with Crippen LogP contribution in [0, 0.1) is 5.92 Å². The quantitative estimate of drug-likeness (QED) is 0.305. The van der Waals surface area contributed by atoms with Gasteiger partial charge in [-0.25, -0.2) is 0 Å². The van der Waals surface area contributed by atoms with Gasteiger partial charge in [-0.05, 0) is 87.1 Å². The van der Waals surface area contributed by atoms with Gasteiger partial charge in [0.15, 0.2) is 0 Å². The highest BCUT2D eigenvalue weighted by Gasteiger charge is 2.20. The Bertz CT molecular complexity index is 1350. The van der Waals surface area contributed by atoms with E-state index in [-0.39, 0.29) is 0 Å². The summed E-state index contributed by atoms with van der Waals surface area (Å²) in [4.78, 5) is 0. The van der Waals surface area contributed by atoms with Crippen LogP contribution >= 0.6 is 0 Å². The van der Waals surface area contributed by atoms with Gasteiger partial charge in [-0.1, -0.05) is 84.9 Å². The first-order valence-corrected chi connectivity index (χ1v) is 11.9. The third kappa shape index (κ3) is 3.57. The van der Waals surface area contributed by atoms with Crippen molar-refractivity contribution < 1.29 is 4.74 Å². The van der Waals surface area contributed by atoms with E-state index >= 15 is 0 Å². The summed E-state index contributed by atoms with van der Waals surface area (Å²) < 4.78 is 5.55. The topological polar surface area (TPSA) is 9.23 Å². The van der Waals surface area contributed by atoms with Crippen LogP contribution in [-0.4, -0.2) is 13.2 Å². The summed E-state index contributed by atoms with van der Waals surface area (Å²) in [5, 5.41) is 5.27. The number of fused-ring (bicyclic) bond motifs is 4. The lowest BCUT2D eigenvalue weighted by Gasteiger charge is -2.22. The smallest absolute Gasteiger partial charge is 0.0468 e. The predicted octanol–water partition coefficient (Wildman–Crippen LogP) is 8.14. The van der Waals surface area contributed by atoms with E-state index in [1.54, 1.807) is 0 Å². The highest BCUT2D eigenvalue weighted by Crippen LogP contribution is 2.40. The molecule has 1 aliphatic carbocycles. The first kappa shape index (κ1) is 19.5. The summed E-state index contributed by atoms with van der Waals surface area (Å²) in [6, 6.07) is 28.8. The largest absolute Gasteiger partial charge is 0.381 e. The fourth-order valence-corrected chi connectivity index (χ4v) is 5.46. The summed E-state index contributed by atoms with van der Waals surface area (Å²) >= 11 is 0. The van der Waals surface area contributed by atoms with E-state index in [9.17, 15) is 0 Å². The Hall–Kier alpha value is -3.16. The van der Waals surface area contributed by atoms with E-state index in [4.69, 9.17) is 4.74 Å². The van der Waals surface area contributed by atoms with Crippen molar-refractivity contribution >= 4 is 38.8 Å². The number of hydrogen-bond acceptors (Lipinski definition) is 1. The van der Waals surface area contributed by atoms with E-state index < -0.39 is 0 Å². The molecule has 32 heavy (non-hydrogen) atoms. The van der Waals surface area contributed by atoms with Gasteiger partial charge in [0.1, 0.15) is 0 Å². The van der Waals surface area contributed by atoms with Crippen molar-refractivity contribution in [3.63, 3.8) is 0 Å². The predicted molar refractivity (Wildman–Crippen MR) is 137 cm³/mol. The first-order valence-electron chi connectivity index (χ1n) is 11.9. The molecule has 6 rings (SSSR count). The van der Waals surface area contributed by atoms with Gasteiger partial charge >= 0.3 is 0 Å². The Morgan fingerprint density at radius 3 is 2.41 bits per heavy atom. The molecule has 0 amide bonds. The minimum Gasteiger partial charge on any atom is -0.381 e. The van der Waals surface area contributed by atoms with Crippen LogP contribution in [0.2, 0.25) is 0 Å². The van der Waals surface area contributed by atoms with Crippen LogP contribution in [0.25, 0.3) is 38.8 Å². The Morgan fingerprint density at radius 2 is 1.50 bits per heavy atom. The molecule has 0 radical (unpaired) electrons. The number of hydrogen-bond donors (Lipinski definition) is 0. The van der Waals surface area contributed by atoms with Gasteiger partial charge in [0.2, 0.25) is 0 Å². The van der Waals surface area contributed by atoms with Gasteiger partial charge in [-0.3, -0.25) is 0 Å². The van der Waals surface area contributed by atoms with Crippen molar-refractivity contribution in [1.82, 2.24) is 0 Å². The molecule has 4 aromatic rings. The van der Waals surface area contributed by atoms with E-state index in [2.05, 4.69) is 91.0 Å². The number of benzene rings is 4. The van der Waals surface area contributed by atoms with Gasteiger partial charge in [-0.2, -0.15) is 0 Å². The molecule has 1 fully saturated rings. The molecule has 0 spiro atoms. The van der Waals surface area contributed by atoms with E-state index in [1.165, 1.54) is 68.6 Å². The summed E-state index contributed by atoms with van der Waals surface area (Å²) in [5.41, 5.74) is 6.90. The Kier molecular flexibility index (Phi) is 5.13. The highest BCUT2D eigenvalue weighted by atomic mass is 16.5. The molecule has 2 aliphatic rings.